The first-order valence-corrected chi connectivity index (χ1v) is 6.24. The van der Waals surface area contributed by atoms with Crippen molar-refractivity contribution in [1.29, 1.82) is 0 Å². The molecule has 1 unspecified atom stereocenters. The number of aliphatic carboxylic acids is 1. The summed E-state index contributed by atoms with van der Waals surface area (Å²) in [5.74, 6) is 0.277. The molecule has 92 valence electrons. The summed E-state index contributed by atoms with van der Waals surface area (Å²) in [6.07, 6.45) is -0.449. The number of rotatable bonds is 2. The molecule has 1 N–H and O–H groups in total. The normalized spacial score (nSPS) is 20.9. The molecule has 16 heavy (non-hydrogen) atoms. The summed E-state index contributed by atoms with van der Waals surface area (Å²) in [6.45, 7) is 5.38. The summed E-state index contributed by atoms with van der Waals surface area (Å²) >= 11 is 1.55. The lowest BCUT2D eigenvalue weighted by Crippen LogP contribution is -2.41. The van der Waals surface area contributed by atoms with Gasteiger partial charge in [-0.3, -0.25) is 9.69 Å². The molecule has 1 fully saturated rings. The summed E-state index contributed by atoms with van der Waals surface area (Å²) in [6, 6.07) is -0.252. The Kier molecular flexibility index (Phi) is 4.07. The predicted molar refractivity (Wildman–Crippen MR) is 61.4 cm³/mol. The van der Waals surface area contributed by atoms with Gasteiger partial charge < -0.3 is 9.84 Å². The van der Waals surface area contributed by atoms with Gasteiger partial charge >= 0.3 is 12.1 Å². The van der Waals surface area contributed by atoms with Gasteiger partial charge in [0, 0.05) is 5.75 Å². The van der Waals surface area contributed by atoms with E-state index in [0.717, 1.165) is 0 Å². The van der Waals surface area contributed by atoms with Crippen molar-refractivity contribution in [2.75, 3.05) is 11.6 Å². The molecule has 0 saturated carbocycles. The van der Waals surface area contributed by atoms with Gasteiger partial charge in [-0.1, -0.05) is 0 Å². The van der Waals surface area contributed by atoms with Crippen molar-refractivity contribution in [3.05, 3.63) is 0 Å². The van der Waals surface area contributed by atoms with E-state index in [2.05, 4.69) is 0 Å². The molecule has 1 aliphatic heterocycles. The number of carbonyl (C=O) groups is 2. The van der Waals surface area contributed by atoms with Crippen LogP contribution >= 0.6 is 11.8 Å². The lowest BCUT2D eigenvalue weighted by molar-refractivity contribution is -0.137. The first kappa shape index (κ1) is 13.2. The smallest absolute Gasteiger partial charge is 0.411 e. The number of ether oxygens (including phenoxy) is 1. The summed E-state index contributed by atoms with van der Waals surface area (Å²) in [5.41, 5.74) is -0.544. The number of hydrogen-bond donors (Lipinski definition) is 1. The first-order chi connectivity index (χ1) is 7.29. The van der Waals surface area contributed by atoms with Crippen molar-refractivity contribution in [1.82, 2.24) is 4.90 Å². The molecule has 0 spiro atoms. The lowest BCUT2D eigenvalue weighted by Gasteiger charge is -2.27. The Bertz CT molecular complexity index is 287. The molecule has 1 amide bonds. The van der Waals surface area contributed by atoms with Crippen LogP contribution in [0.3, 0.4) is 0 Å². The molecular formula is C10H17NO4S. The Morgan fingerprint density at radius 3 is 2.62 bits per heavy atom. The predicted octanol–water partition coefficient (Wildman–Crippen LogP) is 1.77. The maximum Gasteiger partial charge on any atom is 0.411 e. The van der Waals surface area contributed by atoms with E-state index in [-0.39, 0.29) is 12.5 Å². The average molecular weight is 247 g/mol. The molecule has 1 rings (SSSR count). The molecule has 0 aromatic rings. The molecule has 1 heterocycles. The largest absolute Gasteiger partial charge is 0.481 e. The second-order valence-corrected chi connectivity index (χ2v) is 5.70. The van der Waals surface area contributed by atoms with Crippen molar-refractivity contribution in [2.24, 2.45) is 0 Å². The highest BCUT2D eigenvalue weighted by Crippen LogP contribution is 2.25. The van der Waals surface area contributed by atoms with Gasteiger partial charge in [0.05, 0.1) is 18.3 Å². The third-order valence-corrected chi connectivity index (χ3v) is 3.10. The monoisotopic (exact) mass is 247 g/mol. The number of carbonyl (C=O) groups excluding carboxylic acids is 1. The van der Waals surface area contributed by atoms with E-state index in [4.69, 9.17) is 9.84 Å². The van der Waals surface area contributed by atoms with Crippen molar-refractivity contribution in [2.45, 2.75) is 38.8 Å². The molecule has 5 nitrogen and oxygen atoms in total. The number of thioether (sulfide) groups is 1. The number of hydrogen-bond acceptors (Lipinski definition) is 4. The fraction of sp³-hybridized carbons (Fsp3) is 0.800. The van der Waals surface area contributed by atoms with Gasteiger partial charge in [0.1, 0.15) is 5.60 Å². The van der Waals surface area contributed by atoms with Crippen LogP contribution in [0.15, 0.2) is 0 Å². The van der Waals surface area contributed by atoms with Crippen LogP contribution in [-0.4, -0.2) is 45.3 Å². The Morgan fingerprint density at radius 2 is 2.12 bits per heavy atom. The second kappa shape index (κ2) is 4.95. The SMILES string of the molecule is CC(C)(C)OC(=O)N1CSCC1CC(=O)O. The minimum atomic E-state index is -0.888. The van der Waals surface area contributed by atoms with Gasteiger partial charge in [-0.25, -0.2) is 4.79 Å². The van der Waals surface area contributed by atoms with Crippen LogP contribution in [0.4, 0.5) is 4.79 Å². The van der Waals surface area contributed by atoms with E-state index < -0.39 is 17.7 Å². The number of nitrogens with zero attached hydrogens (tertiary/aromatic N) is 1. The van der Waals surface area contributed by atoms with Gasteiger partial charge in [-0.05, 0) is 20.8 Å². The Labute approximate surface area is 99.1 Å². The highest BCUT2D eigenvalue weighted by molar-refractivity contribution is 7.99. The van der Waals surface area contributed by atoms with Crippen LogP contribution in [0.1, 0.15) is 27.2 Å². The molecular weight excluding hydrogens is 230 g/mol. The van der Waals surface area contributed by atoms with Crippen LogP contribution in [0.5, 0.6) is 0 Å². The van der Waals surface area contributed by atoms with E-state index >= 15 is 0 Å². The summed E-state index contributed by atoms with van der Waals surface area (Å²) < 4.78 is 5.21. The van der Waals surface area contributed by atoms with E-state index in [9.17, 15) is 9.59 Å². The highest BCUT2D eigenvalue weighted by Gasteiger charge is 2.33. The van der Waals surface area contributed by atoms with Crippen LogP contribution in [0, 0.1) is 0 Å². The van der Waals surface area contributed by atoms with Crippen LogP contribution in [0.2, 0.25) is 0 Å². The maximum absolute atomic E-state index is 11.8. The molecule has 0 aromatic heterocycles. The highest BCUT2D eigenvalue weighted by atomic mass is 32.2. The molecule has 0 radical (unpaired) electrons. The Hall–Kier alpha value is -0.910. The number of carboxylic acid groups (broad SMARTS) is 1. The molecule has 1 saturated heterocycles. The van der Waals surface area contributed by atoms with E-state index in [1.807, 2.05) is 0 Å². The zero-order chi connectivity index (χ0) is 12.3. The van der Waals surface area contributed by atoms with Gasteiger partial charge in [0.25, 0.3) is 0 Å². The maximum atomic E-state index is 11.8. The minimum Gasteiger partial charge on any atom is -0.481 e. The van der Waals surface area contributed by atoms with Gasteiger partial charge in [-0.15, -0.1) is 11.8 Å². The molecule has 6 heteroatoms. The standard InChI is InChI=1S/C10H17NO4S/c1-10(2,3)15-9(14)11-6-16-5-7(11)4-8(12)13/h7H,4-6H2,1-3H3,(H,12,13). The lowest BCUT2D eigenvalue weighted by atomic mass is 10.2. The zero-order valence-corrected chi connectivity index (χ0v) is 10.5. The van der Waals surface area contributed by atoms with Crippen molar-refractivity contribution < 1.29 is 19.4 Å². The Balaban J connectivity index is 2.57. The second-order valence-electron chi connectivity index (χ2n) is 4.70. The zero-order valence-electron chi connectivity index (χ0n) is 9.73. The molecule has 1 aliphatic rings. The van der Waals surface area contributed by atoms with E-state index in [1.165, 1.54) is 4.90 Å². The summed E-state index contributed by atoms with van der Waals surface area (Å²) in [7, 11) is 0. The quantitative estimate of drug-likeness (QED) is 0.805. The Morgan fingerprint density at radius 1 is 1.50 bits per heavy atom. The first-order valence-electron chi connectivity index (χ1n) is 5.09. The topological polar surface area (TPSA) is 66.8 Å². The van der Waals surface area contributed by atoms with Crippen LogP contribution < -0.4 is 0 Å². The van der Waals surface area contributed by atoms with Gasteiger partial charge in [0.15, 0.2) is 0 Å². The van der Waals surface area contributed by atoms with Crippen LogP contribution in [0.25, 0.3) is 0 Å². The van der Waals surface area contributed by atoms with Crippen molar-refractivity contribution in [3.8, 4) is 0 Å². The fourth-order valence-electron chi connectivity index (χ4n) is 1.38. The number of amides is 1. The van der Waals surface area contributed by atoms with E-state index in [1.54, 1.807) is 32.5 Å². The summed E-state index contributed by atoms with van der Waals surface area (Å²) in [4.78, 5) is 23.9. The van der Waals surface area contributed by atoms with Crippen molar-refractivity contribution in [3.63, 3.8) is 0 Å². The van der Waals surface area contributed by atoms with Crippen molar-refractivity contribution >= 4 is 23.8 Å². The van der Waals surface area contributed by atoms with Crippen LogP contribution in [-0.2, 0) is 9.53 Å². The van der Waals surface area contributed by atoms with Gasteiger partial charge in [-0.2, -0.15) is 0 Å². The molecule has 0 aliphatic carbocycles. The third-order valence-electron chi connectivity index (χ3n) is 2.02. The molecule has 0 bridgehead atoms. The molecule has 0 aromatic carbocycles. The molecule has 1 atom stereocenters. The summed E-state index contributed by atoms with van der Waals surface area (Å²) in [5, 5.41) is 8.72. The van der Waals surface area contributed by atoms with E-state index in [0.29, 0.717) is 11.6 Å². The minimum absolute atomic E-state index is 0.0216. The van der Waals surface area contributed by atoms with Gasteiger partial charge in [0.2, 0.25) is 0 Å². The third kappa shape index (κ3) is 3.92. The fourth-order valence-corrected chi connectivity index (χ4v) is 2.56. The number of carboxylic acids is 1. The average Bonchev–Trinajstić information content (AvgIpc) is 2.47.